The first-order valence-electron chi connectivity index (χ1n) is 11.4. The number of carbonyl (C=O) groups excluding carboxylic acids is 3. The Hall–Kier alpha value is -4.53. The van der Waals surface area contributed by atoms with Crippen LogP contribution < -0.4 is 23.8 Å². The highest BCUT2D eigenvalue weighted by atomic mass is 16.7. The minimum absolute atomic E-state index is 0.0910. The Bertz CT molecular complexity index is 1280. The number of anilines is 1. The van der Waals surface area contributed by atoms with Gasteiger partial charge in [0.2, 0.25) is 12.7 Å². The Kier molecular flexibility index (Phi) is 6.44. The number of nitrogens with zero attached hydrogens (tertiary/aromatic N) is 2. The number of para-hydroxylation sites is 1. The summed E-state index contributed by atoms with van der Waals surface area (Å²) < 4.78 is 21.6. The number of amides is 3. The van der Waals surface area contributed by atoms with Gasteiger partial charge in [-0.05, 0) is 54.1 Å². The molecular weight excluding hydrogens is 464 g/mol. The van der Waals surface area contributed by atoms with Crippen LogP contribution in [0.1, 0.15) is 12.0 Å². The van der Waals surface area contributed by atoms with Gasteiger partial charge in [-0.1, -0.05) is 24.3 Å². The second kappa shape index (κ2) is 9.99. The van der Waals surface area contributed by atoms with Gasteiger partial charge in [-0.3, -0.25) is 14.4 Å². The fraction of sp³-hybridized carbons (Fsp3) is 0.222. The summed E-state index contributed by atoms with van der Waals surface area (Å²) in [6, 6.07) is 19.9. The van der Waals surface area contributed by atoms with Gasteiger partial charge in [-0.15, -0.1) is 0 Å². The summed E-state index contributed by atoms with van der Waals surface area (Å²) in [6.07, 6.45) is -0.132. The van der Waals surface area contributed by atoms with Crippen molar-refractivity contribution in [2.45, 2.75) is 19.0 Å². The predicted octanol–water partition coefficient (Wildman–Crippen LogP) is 3.16. The van der Waals surface area contributed by atoms with E-state index >= 15 is 0 Å². The van der Waals surface area contributed by atoms with Gasteiger partial charge in [0.1, 0.15) is 17.5 Å². The van der Waals surface area contributed by atoms with Crippen LogP contribution in [0.4, 0.5) is 5.69 Å². The largest absolute Gasteiger partial charge is 0.497 e. The highest BCUT2D eigenvalue weighted by Gasteiger charge is 2.44. The number of fused-ring (bicyclic) bond motifs is 1. The number of rotatable bonds is 8. The fourth-order valence-electron chi connectivity index (χ4n) is 4.21. The van der Waals surface area contributed by atoms with Crippen LogP contribution in [0.15, 0.2) is 72.8 Å². The van der Waals surface area contributed by atoms with Crippen LogP contribution in [0.25, 0.3) is 0 Å². The van der Waals surface area contributed by atoms with E-state index in [1.807, 2.05) is 6.07 Å². The molecule has 2 heterocycles. The summed E-state index contributed by atoms with van der Waals surface area (Å²) in [5.41, 5.74) is 1.15. The van der Waals surface area contributed by atoms with Crippen LogP contribution in [0.5, 0.6) is 23.0 Å². The van der Waals surface area contributed by atoms with Crippen molar-refractivity contribution in [1.29, 1.82) is 0 Å². The van der Waals surface area contributed by atoms with Crippen LogP contribution in [0.3, 0.4) is 0 Å². The molecule has 3 aromatic rings. The van der Waals surface area contributed by atoms with Crippen LogP contribution >= 0.6 is 0 Å². The summed E-state index contributed by atoms with van der Waals surface area (Å²) >= 11 is 0. The third-order valence-corrected chi connectivity index (χ3v) is 6.05. The first-order chi connectivity index (χ1) is 17.5. The fourth-order valence-corrected chi connectivity index (χ4v) is 4.21. The molecule has 3 aromatic carbocycles. The van der Waals surface area contributed by atoms with Gasteiger partial charge in [-0.25, -0.2) is 4.90 Å². The highest BCUT2D eigenvalue weighted by molar-refractivity contribution is 6.23. The second-order valence-corrected chi connectivity index (χ2v) is 8.30. The molecule has 9 nitrogen and oxygen atoms in total. The highest BCUT2D eigenvalue weighted by Crippen LogP contribution is 2.34. The minimum atomic E-state index is -0.975. The molecule has 5 rings (SSSR count). The average molecular weight is 488 g/mol. The zero-order valence-electron chi connectivity index (χ0n) is 19.6. The lowest BCUT2D eigenvalue weighted by molar-refractivity contribution is -0.140. The van der Waals surface area contributed by atoms with Gasteiger partial charge < -0.3 is 23.8 Å². The van der Waals surface area contributed by atoms with Crippen LogP contribution in [0.2, 0.25) is 0 Å². The molecular formula is C27H24N2O7. The van der Waals surface area contributed by atoms with E-state index in [1.54, 1.807) is 66.7 Å². The van der Waals surface area contributed by atoms with Crippen molar-refractivity contribution in [2.24, 2.45) is 0 Å². The molecule has 184 valence electrons. The minimum Gasteiger partial charge on any atom is -0.497 e. The van der Waals surface area contributed by atoms with Gasteiger partial charge in [0.05, 0.1) is 19.2 Å². The smallest absolute Gasteiger partial charge is 0.261 e. The van der Waals surface area contributed by atoms with Crippen LogP contribution in [0, 0.1) is 0 Å². The molecule has 9 heteroatoms. The maximum Gasteiger partial charge on any atom is 0.261 e. The third kappa shape index (κ3) is 4.68. The molecule has 1 fully saturated rings. The maximum absolute atomic E-state index is 13.5. The first-order valence-corrected chi connectivity index (χ1v) is 11.4. The van der Waals surface area contributed by atoms with Crippen LogP contribution in [-0.4, -0.2) is 49.2 Å². The van der Waals surface area contributed by atoms with Gasteiger partial charge in [0.15, 0.2) is 18.1 Å². The number of hydrogen-bond acceptors (Lipinski definition) is 7. The van der Waals surface area contributed by atoms with E-state index < -0.39 is 17.9 Å². The third-order valence-electron chi connectivity index (χ3n) is 6.05. The van der Waals surface area contributed by atoms with Gasteiger partial charge >= 0.3 is 0 Å². The Labute approximate surface area is 207 Å². The Morgan fingerprint density at radius 3 is 2.47 bits per heavy atom. The normalized spacial score (nSPS) is 16.2. The summed E-state index contributed by atoms with van der Waals surface area (Å²) in [5.74, 6) is 1.03. The van der Waals surface area contributed by atoms with Crippen molar-refractivity contribution in [2.75, 3.05) is 25.4 Å². The monoisotopic (exact) mass is 488 g/mol. The van der Waals surface area contributed by atoms with E-state index in [9.17, 15) is 14.4 Å². The van der Waals surface area contributed by atoms with E-state index in [0.29, 0.717) is 28.7 Å². The van der Waals surface area contributed by atoms with Crippen molar-refractivity contribution in [1.82, 2.24) is 4.90 Å². The molecule has 2 aliphatic heterocycles. The maximum atomic E-state index is 13.5. The van der Waals surface area contributed by atoms with Crippen molar-refractivity contribution < 1.29 is 33.3 Å². The van der Waals surface area contributed by atoms with Crippen molar-refractivity contribution >= 4 is 23.4 Å². The molecule has 0 bridgehead atoms. The SMILES string of the molecule is COc1ccc(N2C(=O)CC(N(Cc3ccc4c(c3)OCO4)C(=O)COc3ccccc3)C2=O)cc1. The Morgan fingerprint density at radius 1 is 0.972 bits per heavy atom. The molecule has 3 amide bonds. The van der Waals surface area contributed by atoms with Crippen LogP contribution in [-0.2, 0) is 20.9 Å². The van der Waals surface area contributed by atoms with E-state index in [-0.39, 0.29) is 32.3 Å². The number of imide groups is 1. The summed E-state index contributed by atoms with van der Waals surface area (Å²) in [6.45, 7) is -0.0678. The van der Waals surface area contributed by atoms with E-state index in [2.05, 4.69) is 0 Å². The second-order valence-electron chi connectivity index (χ2n) is 8.30. The molecule has 0 aliphatic carbocycles. The number of carbonyl (C=O) groups is 3. The molecule has 0 aromatic heterocycles. The topological polar surface area (TPSA) is 94.6 Å². The zero-order chi connectivity index (χ0) is 25.1. The van der Waals surface area contributed by atoms with Gasteiger partial charge in [0.25, 0.3) is 11.8 Å². The molecule has 0 N–H and O–H groups in total. The van der Waals surface area contributed by atoms with E-state index in [0.717, 1.165) is 10.5 Å². The van der Waals surface area contributed by atoms with E-state index in [1.165, 1.54) is 12.0 Å². The lowest BCUT2D eigenvalue weighted by Crippen LogP contribution is -2.46. The van der Waals surface area contributed by atoms with Crippen molar-refractivity contribution in [3.8, 4) is 23.0 Å². The summed E-state index contributed by atoms with van der Waals surface area (Å²) in [7, 11) is 1.54. The lowest BCUT2D eigenvalue weighted by atomic mass is 10.1. The van der Waals surface area contributed by atoms with E-state index in [4.69, 9.17) is 18.9 Å². The number of methoxy groups -OCH3 is 1. The van der Waals surface area contributed by atoms with Crippen molar-refractivity contribution in [3.63, 3.8) is 0 Å². The predicted molar refractivity (Wildman–Crippen MR) is 129 cm³/mol. The average Bonchev–Trinajstić information content (AvgIpc) is 3.49. The molecule has 1 saturated heterocycles. The standard InChI is InChI=1S/C27H24N2O7/c1-33-20-10-8-19(9-11-20)29-25(30)14-22(27(29)32)28(26(31)16-34-21-5-3-2-4-6-21)15-18-7-12-23-24(13-18)36-17-35-23/h2-13,22H,14-17H2,1H3. The number of ether oxygens (including phenoxy) is 4. The molecule has 0 spiro atoms. The Balaban J connectivity index is 1.40. The van der Waals surface area contributed by atoms with Gasteiger partial charge in [-0.2, -0.15) is 0 Å². The lowest BCUT2D eigenvalue weighted by Gasteiger charge is -2.28. The first kappa shape index (κ1) is 23.2. The molecule has 36 heavy (non-hydrogen) atoms. The van der Waals surface area contributed by atoms with Gasteiger partial charge in [0, 0.05) is 6.54 Å². The van der Waals surface area contributed by atoms with Crippen molar-refractivity contribution in [3.05, 3.63) is 78.4 Å². The molecule has 2 aliphatic rings. The molecule has 0 saturated carbocycles. The Morgan fingerprint density at radius 2 is 1.72 bits per heavy atom. The quantitative estimate of drug-likeness (QED) is 0.450. The summed E-state index contributed by atoms with van der Waals surface area (Å²) in [4.78, 5) is 42.3. The number of benzene rings is 3. The molecule has 0 radical (unpaired) electrons. The zero-order valence-corrected chi connectivity index (χ0v) is 19.6. The number of hydrogen-bond donors (Lipinski definition) is 0. The summed E-state index contributed by atoms with van der Waals surface area (Å²) in [5, 5.41) is 0. The molecule has 1 atom stereocenters. The molecule has 1 unspecified atom stereocenters.